The van der Waals surface area contributed by atoms with Crippen molar-refractivity contribution < 1.29 is 24.2 Å². The molecule has 5 N–H and O–H groups in total. The van der Waals surface area contributed by atoms with Gasteiger partial charge in [0.1, 0.15) is 18.5 Å². The molecule has 0 heterocycles. The number of ether oxygens (including phenoxy) is 2. The summed E-state index contributed by atoms with van der Waals surface area (Å²) in [5.41, 5.74) is 8.38. The fourth-order valence-corrected chi connectivity index (χ4v) is 4.53. The molecule has 0 fully saturated rings. The number of carbonyl (C=O) groups is 2. The number of allylic oxidation sites excluding steroid dienone is 1. The van der Waals surface area contributed by atoms with Crippen LogP contribution in [0.1, 0.15) is 31.4 Å². The first-order valence-corrected chi connectivity index (χ1v) is 13.6. The van der Waals surface area contributed by atoms with Gasteiger partial charge < -0.3 is 25.6 Å². The summed E-state index contributed by atoms with van der Waals surface area (Å²) in [6, 6.07) is 27.9. The first-order valence-electron chi connectivity index (χ1n) is 13.6. The van der Waals surface area contributed by atoms with Crippen molar-refractivity contribution in [2.45, 2.75) is 25.9 Å². The highest BCUT2D eigenvalue weighted by Gasteiger charge is 2.24. The Morgan fingerprint density at radius 2 is 1.66 bits per heavy atom. The first-order chi connectivity index (χ1) is 19.9. The van der Waals surface area contributed by atoms with Crippen molar-refractivity contribution in [3.05, 3.63) is 109 Å². The lowest BCUT2D eigenvalue weighted by molar-refractivity contribution is -0.111. The van der Waals surface area contributed by atoms with Gasteiger partial charge in [0.05, 0.1) is 23.7 Å². The number of amides is 2. The summed E-state index contributed by atoms with van der Waals surface area (Å²) >= 11 is 0. The molecule has 0 aliphatic heterocycles. The Bertz CT molecular complexity index is 1500. The van der Waals surface area contributed by atoms with E-state index < -0.39 is 12.2 Å². The molecular formula is C33H35N3O5. The number of nitrogen functional groups attached to an aromatic ring is 1. The predicted octanol–water partition coefficient (Wildman–Crippen LogP) is 6.69. The number of benzene rings is 4. The number of aliphatic hydroxyl groups excluding tert-OH is 1. The third-order valence-electron chi connectivity index (χ3n) is 6.60. The molecule has 0 radical (unpaired) electrons. The van der Waals surface area contributed by atoms with E-state index in [0.717, 1.165) is 16.3 Å². The third kappa shape index (κ3) is 8.33. The maximum Gasteiger partial charge on any atom is 0.412 e. The number of nitrogens with two attached hydrogens (primary N) is 1. The Morgan fingerprint density at radius 1 is 0.927 bits per heavy atom. The van der Waals surface area contributed by atoms with Crippen LogP contribution in [-0.4, -0.2) is 30.3 Å². The van der Waals surface area contributed by atoms with Crippen molar-refractivity contribution in [2.75, 3.05) is 29.6 Å². The minimum absolute atomic E-state index is 0.0983. The Hall–Kier alpha value is -4.82. The normalized spacial score (nSPS) is 12.5. The lowest BCUT2D eigenvalue weighted by Crippen LogP contribution is -2.22. The van der Waals surface area contributed by atoms with Gasteiger partial charge in [-0.3, -0.25) is 10.1 Å². The Morgan fingerprint density at radius 3 is 2.49 bits per heavy atom. The monoisotopic (exact) mass is 553 g/mol. The van der Waals surface area contributed by atoms with Crippen LogP contribution in [0.3, 0.4) is 0 Å². The second-order valence-electron chi connectivity index (χ2n) is 9.66. The van der Waals surface area contributed by atoms with Crippen molar-refractivity contribution in [2.24, 2.45) is 5.92 Å². The topological polar surface area (TPSA) is 123 Å². The van der Waals surface area contributed by atoms with Crippen LogP contribution in [-0.2, 0) is 9.53 Å². The zero-order chi connectivity index (χ0) is 29.0. The molecule has 0 aliphatic rings. The molecule has 0 saturated carbocycles. The second kappa shape index (κ2) is 14.5. The molecule has 4 rings (SSSR count). The number of hydrogen-bond donors (Lipinski definition) is 4. The lowest BCUT2D eigenvalue weighted by atomic mass is 9.93. The van der Waals surface area contributed by atoms with Crippen LogP contribution in [0.4, 0.5) is 21.9 Å². The van der Waals surface area contributed by atoms with Crippen LogP contribution in [0.2, 0.25) is 0 Å². The smallest absolute Gasteiger partial charge is 0.412 e. The highest BCUT2D eigenvalue weighted by Crippen LogP contribution is 2.32. The molecule has 212 valence electrons. The van der Waals surface area contributed by atoms with E-state index in [1.165, 1.54) is 6.08 Å². The molecular weight excluding hydrogens is 518 g/mol. The summed E-state index contributed by atoms with van der Waals surface area (Å²) in [5, 5.41) is 16.7. The van der Waals surface area contributed by atoms with Crippen LogP contribution >= 0.6 is 0 Å². The van der Waals surface area contributed by atoms with Gasteiger partial charge >= 0.3 is 6.09 Å². The maximum atomic E-state index is 13.1. The molecule has 4 aromatic rings. The van der Waals surface area contributed by atoms with E-state index in [2.05, 4.69) is 10.6 Å². The zero-order valence-electron chi connectivity index (χ0n) is 23.0. The quantitative estimate of drug-likeness (QED) is 0.114. The fraction of sp³-hybridized carbons (Fsp3) is 0.212. The van der Waals surface area contributed by atoms with Gasteiger partial charge in [0, 0.05) is 5.39 Å². The second-order valence-corrected chi connectivity index (χ2v) is 9.66. The number of fused-ring (bicyclic) bond motifs is 1. The number of carbonyl (C=O) groups excluding carboxylic acids is 2. The van der Waals surface area contributed by atoms with Gasteiger partial charge in [0.15, 0.2) is 0 Å². The number of nitrogens with one attached hydrogen (secondary N) is 2. The van der Waals surface area contributed by atoms with Crippen LogP contribution in [0, 0.1) is 5.92 Å². The summed E-state index contributed by atoms with van der Waals surface area (Å²) in [5.74, 6) is 0.203. The van der Waals surface area contributed by atoms with E-state index >= 15 is 0 Å². The summed E-state index contributed by atoms with van der Waals surface area (Å²) in [6.07, 6.45) is 3.34. The molecule has 0 aliphatic carbocycles. The molecule has 0 aromatic heterocycles. The number of anilines is 3. The van der Waals surface area contributed by atoms with Crippen molar-refractivity contribution in [3.63, 3.8) is 0 Å². The summed E-state index contributed by atoms with van der Waals surface area (Å²) in [4.78, 5) is 25.5. The van der Waals surface area contributed by atoms with Gasteiger partial charge in [-0.2, -0.15) is 0 Å². The Kier molecular flexibility index (Phi) is 10.3. The average Bonchev–Trinajstić information content (AvgIpc) is 2.98. The van der Waals surface area contributed by atoms with Gasteiger partial charge in [0.25, 0.3) is 0 Å². The van der Waals surface area contributed by atoms with Gasteiger partial charge in [-0.15, -0.1) is 0 Å². The molecule has 8 heteroatoms. The molecule has 4 aromatic carbocycles. The molecule has 2 amide bonds. The van der Waals surface area contributed by atoms with E-state index in [9.17, 15) is 9.59 Å². The molecule has 0 saturated heterocycles. The van der Waals surface area contributed by atoms with Gasteiger partial charge in [0.2, 0.25) is 5.91 Å². The summed E-state index contributed by atoms with van der Waals surface area (Å²) in [6.45, 7) is 2.05. The zero-order valence-corrected chi connectivity index (χ0v) is 23.0. The van der Waals surface area contributed by atoms with Crippen molar-refractivity contribution >= 4 is 39.8 Å². The van der Waals surface area contributed by atoms with Gasteiger partial charge in [-0.05, 0) is 66.1 Å². The lowest BCUT2D eigenvalue weighted by Gasteiger charge is -2.25. The molecule has 8 nitrogen and oxygen atoms in total. The Balaban J connectivity index is 1.44. The number of hydrogen-bond acceptors (Lipinski definition) is 6. The summed E-state index contributed by atoms with van der Waals surface area (Å²) in [7, 11) is 0. The largest absolute Gasteiger partial charge is 0.491 e. The van der Waals surface area contributed by atoms with Crippen LogP contribution in [0.15, 0.2) is 103 Å². The van der Waals surface area contributed by atoms with Crippen LogP contribution in [0.25, 0.3) is 10.8 Å². The SMILES string of the molecule is C[C@@H](CC/C=C/C(=O)Nc1ccccc1N)[C@H](OC(=O)Nc1cccc2ccccc12)c1cccc(OCCO)c1. The average molecular weight is 554 g/mol. The van der Waals surface area contributed by atoms with Crippen molar-refractivity contribution in [1.29, 1.82) is 0 Å². The molecule has 0 spiro atoms. The van der Waals surface area contributed by atoms with Crippen LogP contribution in [0.5, 0.6) is 5.75 Å². The van der Waals surface area contributed by atoms with E-state index in [0.29, 0.717) is 35.7 Å². The first kappa shape index (κ1) is 29.2. The molecule has 0 unspecified atom stereocenters. The minimum Gasteiger partial charge on any atom is -0.491 e. The van der Waals surface area contributed by atoms with Gasteiger partial charge in [-0.25, -0.2) is 4.79 Å². The number of rotatable bonds is 12. The van der Waals surface area contributed by atoms with E-state index in [-0.39, 0.29) is 25.0 Å². The number of aliphatic hydroxyl groups is 1. The molecule has 2 atom stereocenters. The highest BCUT2D eigenvalue weighted by atomic mass is 16.6. The predicted molar refractivity (Wildman–Crippen MR) is 163 cm³/mol. The molecule has 41 heavy (non-hydrogen) atoms. The van der Waals surface area contributed by atoms with E-state index in [1.54, 1.807) is 36.4 Å². The van der Waals surface area contributed by atoms with E-state index in [1.807, 2.05) is 67.6 Å². The summed E-state index contributed by atoms with van der Waals surface area (Å²) < 4.78 is 11.6. The third-order valence-corrected chi connectivity index (χ3v) is 6.60. The highest BCUT2D eigenvalue weighted by molar-refractivity contribution is 6.01. The Labute approximate surface area is 239 Å². The maximum absolute atomic E-state index is 13.1. The standard InChI is InChI=1S/C33H35N3O5/c1-23(10-2-7-19-31(38)35-30-17-6-5-16-28(30)34)32(25-13-8-14-26(22-25)40-21-20-37)41-33(39)36-29-18-9-12-24-11-3-4-15-27(24)29/h3-9,11-19,22-23,32,37H,2,10,20-21,34H2,1H3,(H,35,38)(H,36,39)/b19-7+/t23-,32-/m0/s1. The van der Waals surface area contributed by atoms with E-state index in [4.69, 9.17) is 20.3 Å². The minimum atomic E-state index is -0.589. The van der Waals surface area contributed by atoms with Crippen molar-refractivity contribution in [3.8, 4) is 5.75 Å². The van der Waals surface area contributed by atoms with Crippen LogP contribution < -0.4 is 21.1 Å². The number of para-hydroxylation sites is 2. The van der Waals surface area contributed by atoms with Gasteiger partial charge in [-0.1, -0.05) is 73.7 Å². The fourth-order valence-electron chi connectivity index (χ4n) is 4.53. The molecule has 0 bridgehead atoms. The van der Waals surface area contributed by atoms with Crippen molar-refractivity contribution in [1.82, 2.24) is 0 Å².